The van der Waals surface area contributed by atoms with Gasteiger partial charge in [0.15, 0.2) is 0 Å². The number of hydrogen-bond donors (Lipinski definition) is 1. The lowest BCUT2D eigenvalue weighted by atomic mass is 10.2. The van der Waals surface area contributed by atoms with Crippen LogP contribution < -0.4 is 0 Å². The van der Waals surface area contributed by atoms with E-state index in [4.69, 9.17) is 16.3 Å². The number of halogens is 1. The highest BCUT2D eigenvalue weighted by Gasteiger charge is 2.00. The molecule has 16 heavy (non-hydrogen) atoms. The Morgan fingerprint density at radius 1 is 1.38 bits per heavy atom. The standard InChI is InChI=1S/C12H18ClNOS/c1-14(5-6-15-7-8-16)10-11-3-2-4-12(13)9-11/h2-4,9,16H,5-8,10H2,1H3. The molecule has 0 aliphatic rings. The molecule has 0 saturated carbocycles. The lowest BCUT2D eigenvalue weighted by molar-refractivity contribution is 0.122. The molecule has 0 spiro atoms. The third-order valence-corrected chi connectivity index (χ3v) is 2.61. The average Bonchev–Trinajstić information content (AvgIpc) is 2.24. The van der Waals surface area contributed by atoms with Gasteiger partial charge in [0.2, 0.25) is 0 Å². The maximum Gasteiger partial charge on any atom is 0.0593 e. The molecule has 0 amide bonds. The van der Waals surface area contributed by atoms with Gasteiger partial charge >= 0.3 is 0 Å². The molecule has 0 aliphatic heterocycles. The summed E-state index contributed by atoms with van der Waals surface area (Å²) < 4.78 is 5.37. The summed E-state index contributed by atoms with van der Waals surface area (Å²) in [6, 6.07) is 7.94. The van der Waals surface area contributed by atoms with Gasteiger partial charge in [0.25, 0.3) is 0 Å². The summed E-state index contributed by atoms with van der Waals surface area (Å²) in [5.41, 5.74) is 1.23. The van der Waals surface area contributed by atoms with Crippen LogP contribution in [0.15, 0.2) is 24.3 Å². The van der Waals surface area contributed by atoms with Gasteiger partial charge in [0.05, 0.1) is 13.2 Å². The molecule has 0 saturated heterocycles. The SMILES string of the molecule is CN(CCOCCS)Cc1cccc(Cl)c1. The van der Waals surface area contributed by atoms with Crippen LogP contribution in [-0.4, -0.2) is 37.5 Å². The number of nitrogens with zero attached hydrogens (tertiary/aromatic N) is 1. The number of rotatable bonds is 7. The Labute approximate surface area is 108 Å². The molecule has 0 radical (unpaired) electrons. The molecule has 1 aromatic rings. The highest BCUT2D eigenvalue weighted by Crippen LogP contribution is 2.11. The number of ether oxygens (including phenoxy) is 1. The second-order valence-electron chi connectivity index (χ2n) is 3.70. The van der Waals surface area contributed by atoms with Crippen molar-refractivity contribution in [3.05, 3.63) is 34.9 Å². The van der Waals surface area contributed by atoms with Crippen LogP contribution in [0.5, 0.6) is 0 Å². The minimum absolute atomic E-state index is 0.716. The van der Waals surface area contributed by atoms with Gasteiger partial charge in [-0.15, -0.1) is 0 Å². The molecule has 0 heterocycles. The fourth-order valence-corrected chi connectivity index (χ4v) is 1.76. The number of benzene rings is 1. The summed E-state index contributed by atoms with van der Waals surface area (Å²) in [5, 5.41) is 0.789. The van der Waals surface area contributed by atoms with E-state index in [0.717, 1.165) is 30.5 Å². The molecule has 1 aromatic carbocycles. The molecule has 0 N–H and O–H groups in total. The molecule has 0 aromatic heterocycles. The van der Waals surface area contributed by atoms with Gasteiger partial charge in [0.1, 0.15) is 0 Å². The van der Waals surface area contributed by atoms with E-state index in [1.165, 1.54) is 5.56 Å². The van der Waals surface area contributed by atoms with E-state index in [0.29, 0.717) is 6.61 Å². The molecule has 2 nitrogen and oxygen atoms in total. The zero-order valence-corrected chi connectivity index (χ0v) is 11.2. The fraction of sp³-hybridized carbons (Fsp3) is 0.500. The summed E-state index contributed by atoms with van der Waals surface area (Å²) >= 11 is 10.0. The van der Waals surface area contributed by atoms with Crippen molar-refractivity contribution in [3.63, 3.8) is 0 Å². The van der Waals surface area contributed by atoms with E-state index in [9.17, 15) is 0 Å². The molecular weight excluding hydrogens is 242 g/mol. The van der Waals surface area contributed by atoms with E-state index in [2.05, 4.69) is 30.6 Å². The number of likely N-dealkylation sites (N-methyl/N-ethyl adjacent to an activating group) is 1. The van der Waals surface area contributed by atoms with E-state index < -0.39 is 0 Å². The van der Waals surface area contributed by atoms with Crippen molar-refractivity contribution in [2.75, 3.05) is 32.6 Å². The van der Waals surface area contributed by atoms with Gasteiger partial charge < -0.3 is 4.74 Å². The molecule has 4 heteroatoms. The molecule has 0 atom stereocenters. The molecule has 90 valence electrons. The average molecular weight is 260 g/mol. The topological polar surface area (TPSA) is 12.5 Å². The highest BCUT2D eigenvalue weighted by molar-refractivity contribution is 7.80. The third kappa shape index (κ3) is 5.75. The van der Waals surface area contributed by atoms with Gasteiger partial charge in [-0.2, -0.15) is 12.6 Å². The number of thiol groups is 1. The van der Waals surface area contributed by atoms with Crippen molar-refractivity contribution < 1.29 is 4.74 Å². The first-order chi connectivity index (χ1) is 7.72. The van der Waals surface area contributed by atoms with Crippen LogP contribution in [0.25, 0.3) is 0 Å². The summed E-state index contributed by atoms with van der Waals surface area (Å²) in [5.74, 6) is 0.776. The van der Waals surface area contributed by atoms with E-state index in [-0.39, 0.29) is 0 Å². The zero-order valence-electron chi connectivity index (χ0n) is 9.53. The van der Waals surface area contributed by atoms with Gasteiger partial charge in [-0.25, -0.2) is 0 Å². The van der Waals surface area contributed by atoms with Crippen LogP contribution in [-0.2, 0) is 11.3 Å². The summed E-state index contributed by atoms with van der Waals surface area (Å²) in [4.78, 5) is 2.21. The Morgan fingerprint density at radius 3 is 2.88 bits per heavy atom. The Balaban J connectivity index is 2.25. The van der Waals surface area contributed by atoms with Crippen LogP contribution in [0.4, 0.5) is 0 Å². The van der Waals surface area contributed by atoms with Crippen molar-refractivity contribution in [3.8, 4) is 0 Å². The number of hydrogen-bond acceptors (Lipinski definition) is 3. The lowest BCUT2D eigenvalue weighted by Gasteiger charge is -2.16. The van der Waals surface area contributed by atoms with Crippen LogP contribution in [0.1, 0.15) is 5.56 Å². The predicted octanol–water partition coefficient (Wildman–Crippen LogP) is 2.72. The van der Waals surface area contributed by atoms with Crippen LogP contribution in [0, 0.1) is 0 Å². The summed E-state index contributed by atoms with van der Waals surface area (Å²) in [6.07, 6.45) is 0. The minimum Gasteiger partial charge on any atom is -0.379 e. The smallest absolute Gasteiger partial charge is 0.0593 e. The predicted molar refractivity (Wildman–Crippen MR) is 72.5 cm³/mol. The van der Waals surface area contributed by atoms with Crippen molar-refractivity contribution in [2.45, 2.75) is 6.54 Å². The molecule has 0 aliphatic carbocycles. The Hall–Kier alpha value is -0.220. The van der Waals surface area contributed by atoms with Crippen molar-refractivity contribution in [1.29, 1.82) is 0 Å². The zero-order chi connectivity index (χ0) is 11.8. The van der Waals surface area contributed by atoms with E-state index in [1.807, 2.05) is 18.2 Å². The second-order valence-corrected chi connectivity index (χ2v) is 4.59. The fourth-order valence-electron chi connectivity index (χ4n) is 1.41. The summed E-state index contributed by atoms with van der Waals surface area (Å²) in [7, 11) is 2.07. The van der Waals surface area contributed by atoms with Crippen LogP contribution >= 0.6 is 24.2 Å². The lowest BCUT2D eigenvalue weighted by Crippen LogP contribution is -2.23. The van der Waals surface area contributed by atoms with Gasteiger partial charge in [-0.05, 0) is 24.7 Å². The molecule has 0 fully saturated rings. The molecule has 0 bridgehead atoms. The van der Waals surface area contributed by atoms with Crippen molar-refractivity contribution in [1.82, 2.24) is 4.90 Å². The third-order valence-electron chi connectivity index (χ3n) is 2.19. The Bertz CT molecular complexity index is 309. The van der Waals surface area contributed by atoms with Crippen molar-refractivity contribution in [2.24, 2.45) is 0 Å². The maximum absolute atomic E-state index is 5.92. The van der Waals surface area contributed by atoms with Gasteiger partial charge in [-0.3, -0.25) is 4.90 Å². The first-order valence-electron chi connectivity index (χ1n) is 5.34. The molecule has 0 unspecified atom stereocenters. The highest BCUT2D eigenvalue weighted by atomic mass is 35.5. The Morgan fingerprint density at radius 2 is 2.19 bits per heavy atom. The quantitative estimate of drug-likeness (QED) is 0.597. The monoisotopic (exact) mass is 259 g/mol. The van der Waals surface area contributed by atoms with Gasteiger partial charge in [-0.1, -0.05) is 23.7 Å². The Kier molecular flexibility index (Phi) is 6.88. The van der Waals surface area contributed by atoms with Crippen LogP contribution in [0.3, 0.4) is 0 Å². The largest absolute Gasteiger partial charge is 0.379 e. The van der Waals surface area contributed by atoms with Gasteiger partial charge in [0, 0.05) is 23.9 Å². The summed E-state index contributed by atoms with van der Waals surface area (Å²) in [6.45, 7) is 3.27. The molecular formula is C12H18ClNOS. The second kappa shape index (κ2) is 7.96. The van der Waals surface area contributed by atoms with E-state index >= 15 is 0 Å². The van der Waals surface area contributed by atoms with Crippen molar-refractivity contribution >= 4 is 24.2 Å². The molecule has 1 rings (SSSR count). The normalized spacial score (nSPS) is 11.0. The minimum atomic E-state index is 0.716. The van der Waals surface area contributed by atoms with E-state index in [1.54, 1.807) is 0 Å². The van der Waals surface area contributed by atoms with Crippen LogP contribution in [0.2, 0.25) is 5.02 Å². The first kappa shape index (κ1) is 13.8. The maximum atomic E-state index is 5.92. The first-order valence-corrected chi connectivity index (χ1v) is 6.35.